The number of rotatable bonds is 2. The van der Waals surface area contributed by atoms with Gasteiger partial charge in [-0.1, -0.05) is 24.4 Å². The summed E-state index contributed by atoms with van der Waals surface area (Å²) in [5.41, 5.74) is 1.67. The van der Waals surface area contributed by atoms with Gasteiger partial charge in [0.15, 0.2) is 5.82 Å². The molecule has 63 valence electrons. The molecule has 4 heteroatoms. The molecule has 2 rings (SSSR count). The first-order chi connectivity index (χ1) is 6.31. The predicted octanol–water partition coefficient (Wildman–Crippen LogP) is 1.39. The van der Waals surface area contributed by atoms with Crippen LogP contribution in [0.25, 0.3) is 11.0 Å². The summed E-state index contributed by atoms with van der Waals surface area (Å²) in [5.74, 6) is 0.409. The van der Waals surface area contributed by atoms with Gasteiger partial charge >= 0.3 is 0 Å². The van der Waals surface area contributed by atoms with Gasteiger partial charge in [0.2, 0.25) is 6.29 Å². The Morgan fingerprint density at radius 1 is 1.46 bits per heavy atom. The molecule has 1 heterocycles. The first-order valence-electron chi connectivity index (χ1n) is 3.68. The van der Waals surface area contributed by atoms with E-state index in [1.807, 2.05) is 24.3 Å². The number of aromatic nitrogens is 2. The lowest BCUT2D eigenvalue weighted by molar-refractivity contribution is 0.567. The maximum atomic E-state index is 10.3. The van der Waals surface area contributed by atoms with E-state index >= 15 is 0 Å². The lowest BCUT2D eigenvalue weighted by atomic mass is 10.3. The molecule has 13 heavy (non-hydrogen) atoms. The number of aromatic amines is 1. The molecule has 0 spiro atoms. The van der Waals surface area contributed by atoms with Crippen LogP contribution in [0.2, 0.25) is 0 Å². The summed E-state index contributed by atoms with van der Waals surface area (Å²) in [6, 6.07) is 7.49. The van der Waals surface area contributed by atoms with Crippen LogP contribution in [0.5, 0.6) is 0 Å². The molecule has 0 amide bonds. The van der Waals surface area contributed by atoms with Gasteiger partial charge < -0.3 is 4.98 Å². The van der Waals surface area contributed by atoms with Crippen molar-refractivity contribution in [2.75, 3.05) is 0 Å². The summed E-state index contributed by atoms with van der Waals surface area (Å²) >= 11 is 4.75. The van der Waals surface area contributed by atoms with Crippen molar-refractivity contribution in [1.29, 1.82) is 0 Å². The third-order valence-electron chi connectivity index (χ3n) is 1.70. The Bertz CT molecular complexity index is 442. The lowest BCUT2D eigenvalue weighted by Gasteiger charge is -1.83. The number of hydrogen-bond acceptors (Lipinski definition) is 3. The van der Waals surface area contributed by atoms with Crippen LogP contribution in [-0.2, 0) is 4.79 Å². The third kappa shape index (κ3) is 1.36. The molecule has 2 aromatic rings. The highest BCUT2D eigenvalue weighted by Crippen LogP contribution is 2.10. The number of nitrogens with one attached hydrogen (secondary N) is 1. The van der Waals surface area contributed by atoms with Gasteiger partial charge in [0.05, 0.1) is 11.0 Å². The van der Waals surface area contributed by atoms with Crippen LogP contribution < -0.4 is 0 Å². The third-order valence-corrected chi connectivity index (χ3v) is 1.97. The lowest BCUT2D eigenvalue weighted by Crippen LogP contribution is -1.99. The summed E-state index contributed by atoms with van der Waals surface area (Å²) in [6.07, 6.45) is 1.63. The normalized spacial score (nSPS) is 10.2. The van der Waals surface area contributed by atoms with Crippen molar-refractivity contribution in [3.05, 3.63) is 30.1 Å². The summed E-state index contributed by atoms with van der Waals surface area (Å²) in [4.78, 5) is 17.4. The monoisotopic (exact) mass is 189 g/mol. The minimum absolute atomic E-state index is 0.0798. The average Bonchev–Trinajstić information content (AvgIpc) is 2.59. The van der Waals surface area contributed by atoms with Gasteiger partial charge in [0, 0.05) is 0 Å². The Hall–Kier alpha value is -1.55. The SMILES string of the molecule is O=[C]C(=S)c1nc2ccccc2[nH]1. The Balaban J connectivity index is 2.62. The molecule has 1 aromatic heterocycles. The summed E-state index contributed by atoms with van der Waals surface area (Å²) in [6.45, 7) is 0. The van der Waals surface area contributed by atoms with Gasteiger partial charge in [-0.25, -0.2) is 4.98 Å². The highest BCUT2D eigenvalue weighted by molar-refractivity contribution is 7.82. The molecule has 0 bridgehead atoms. The molecule has 0 aliphatic carbocycles. The van der Waals surface area contributed by atoms with E-state index in [0.717, 1.165) is 11.0 Å². The molecule has 0 aliphatic heterocycles. The summed E-state index contributed by atoms with van der Waals surface area (Å²) in [5, 5.41) is 0. The van der Waals surface area contributed by atoms with Gasteiger partial charge in [-0.2, -0.15) is 0 Å². The standard InChI is InChI=1S/C9H5N2OS/c12-5-8(13)9-10-6-3-1-2-4-7(6)11-9/h1-4H,(H,10,11). The molecular formula is C9H5N2OS. The molecule has 0 unspecified atom stereocenters. The number of fused-ring (bicyclic) bond motifs is 1. The Kier molecular flexibility index (Phi) is 1.90. The fourth-order valence-corrected chi connectivity index (χ4v) is 1.21. The fourth-order valence-electron chi connectivity index (χ4n) is 1.11. The predicted molar refractivity (Wildman–Crippen MR) is 53.5 cm³/mol. The molecule has 1 radical (unpaired) electrons. The van der Waals surface area contributed by atoms with Crippen molar-refractivity contribution in [3.63, 3.8) is 0 Å². The second-order valence-corrected chi connectivity index (χ2v) is 2.94. The Morgan fingerprint density at radius 3 is 2.92 bits per heavy atom. The summed E-state index contributed by atoms with van der Waals surface area (Å²) < 4.78 is 0. The Morgan fingerprint density at radius 2 is 2.23 bits per heavy atom. The van der Waals surface area contributed by atoms with E-state index < -0.39 is 0 Å². The molecular weight excluding hydrogens is 184 g/mol. The quantitative estimate of drug-likeness (QED) is 0.573. The maximum Gasteiger partial charge on any atom is 0.249 e. The second kappa shape index (κ2) is 3.06. The van der Waals surface area contributed by atoms with E-state index in [9.17, 15) is 4.79 Å². The zero-order chi connectivity index (χ0) is 9.26. The highest BCUT2D eigenvalue weighted by Gasteiger charge is 2.06. The Labute approximate surface area is 79.8 Å². The van der Waals surface area contributed by atoms with E-state index in [1.54, 1.807) is 6.29 Å². The average molecular weight is 189 g/mol. The number of carbonyl (C=O) groups excluding carboxylic acids is 1. The number of nitrogens with zero attached hydrogens (tertiary/aromatic N) is 1. The van der Waals surface area contributed by atoms with Crippen LogP contribution in [0.3, 0.4) is 0 Å². The van der Waals surface area contributed by atoms with Gasteiger partial charge in [0.1, 0.15) is 4.86 Å². The van der Waals surface area contributed by atoms with Gasteiger partial charge in [-0.05, 0) is 12.1 Å². The maximum absolute atomic E-state index is 10.3. The van der Waals surface area contributed by atoms with Crippen LogP contribution in [-0.4, -0.2) is 21.1 Å². The molecule has 0 fully saturated rings. The number of para-hydroxylation sites is 2. The molecule has 0 saturated heterocycles. The number of benzene rings is 1. The van der Waals surface area contributed by atoms with Crippen LogP contribution in [0.15, 0.2) is 24.3 Å². The van der Waals surface area contributed by atoms with Gasteiger partial charge in [-0.15, -0.1) is 0 Å². The molecule has 0 saturated carbocycles. The highest BCUT2D eigenvalue weighted by atomic mass is 32.1. The van der Waals surface area contributed by atoms with Crippen molar-refractivity contribution in [2.24, 2.45) is 0 Å². The smallest absolute Gasteiger partial charge is 0.249 e. The fraction of sp³-hybridized carbons (Fsp3) is 0. The molecule has 1 aromatic carbocycles. The van der Waals surface area contributed by atoms with Crippen molar-refractivity contribution in [1.82, 2.24) is 9.97 Å². The molecule has 0 atom stereocenters. The zero-order valence-electron chi connectivity index (χ0n) is 6.57. The first kappa shape index (κ1) is 8.07. The number of thiocarbonyl (C=S) groups is 1. The topological polar surface area (TPSA) is 45.8 Å². The zero-order valence-corrected chi connectivity index (χ0v) is 7.39. The van der Waals surface area contributed by atoms with Crippen LogP contribution in [0.4, 0.5) is 0 Å². The van der Waals surface area contributed by atoms with E-state index in [2.05, 4.69) is 9.97 Å². The van der Waals surface area contributed by atoms with Crippen molar-refractivity contribution in [3.8, 4) is 0 Å². The van der Waals surface area contributed by atoms with E-state index in [1.165, 1.54) is 0 Å². The summed E-state index contributed by atoms with van der Waals surface area (Å²) in [7, 11) is 0. The van der Waals surface area contributed by atoms with Gasteiger partial charge in [0.25, 0.3) is 0 Å². The van der Waals surface area contributed by atoms with Gasteiger partial charge in [-0.3, -0.25) is 4.79 Å². The van der Waals surface area contributed by atoms with Crippen LogP contribution in [0, 0.1) is 0 Å². The molecule has 1 N–H and O–H groups in total. The van der Waals surface area contributed by atoms with E-state index in [4.69, 9.17) is 12.2 Å². The van der Waals surface area contributed by atoms with Crippen LogP contribution in [0.1, 0.15) is 5.82 Å². The number of imidazole rings is 1. The second-order valence-electron chi connectivity index (χ2n) is 2.53. The van der Waals surface area contributed by atoms with Crippen molar-refractivity contribution >= 4 is 34.4 Å². The van der Waals surface area contributed by atoms with Crippen molar-refractivity contribution < 1.29 is 4.79 Å². The number of H-pyrrole nitrogens is 1. The van der Waals surface area contributed by atoms with Crippen molar-refractivity contribution in [2.45, 2.75) is 0 Å². The minimum atomic E-state index is 0.0798. The van der Waals surface area contributed by atoms with E-state index in [-0.39, 0.29) is 4.86 Å². The molecule has 0 aliphatic rings. The van der Waals surface area contributed by atoms with Crippen LogP contribution >= 0.6 is 12.2 Å². The van der Waals surface area contributed by atoms with E-state index in [0.29, 0.717) is 5.82 Å². The minimum Gasteiger partial charge on any atom is -0.337 e. The molecule has 3 nitrogen and oxygen atoms in total. The number of hydrogen-bond donors (Lipinski definition) is 1. The first-order valence-corrected chi connectivity index (χ1v) is 4.09. The largest absolute Gasteiger partial charge is 0.337 e.